The van der Waals surface area contributed by atoms with E-state index in [2.05, 4.69) is 5.32 Å². The van der Waals surface area contributed by atoms with Crippen molar-refractivity contribution in [1.29, 1.82) is 0 Å². The molecular weight excluding hydrogens is 399 g/mol. The summed E-state index contributed by atoms with van der Waals surface area (Å²) in [6.45, 7) is -0.555. The fourth-order valence-corrected chi connectivity index (χ4v) is 2.66. The van der Waals surface area contributed by atoms with Gasteiger partial charge in [0.05, 0.1) is 30.2 Å². The fraction of sp³-hybridized carbons (Fsp3) is 0.176. The summed E-state index contributed by atoms with van der Waals surface area (Å²) in [6.07, 6.45) is -0.188. The van der Waals surface area contributed by atoms with Crippen LogP contribution in [-0.2, 0) is 20.7 Å². The molecule has 2 rings (SSSR count). The minimum Gasteiger partial charge on any atom is -0.494 e. The Morgan fingerprint density at radius 3 is 2.44 bits per heavy atom. The maximum absolute atomic E-state index is 12.0. The Kier molecular flexibility index (Phi) is 6.98. The molecule has 1 N–H and O–H groups in total. The van der Waals surface area contributed by atoms with E-state index in [0.29, 0.717) is 15.6 Å². The van der Waals surface area contributed by atoms with Gasteiger partial charge in [-0.05, 0) is 18.2 Å². The molecule has 0 radical (unpaired) electrons. The second kappa shape index (κ2) is 9.20. The lowest BCUT2D eigenvalue weighted by molar-refractivity contribution is -0.384. The Balaban J connectivity index is 1.94. The van der Waals surface area contributed by atoms with Crippen molar-refractivity contribution in [2.45, 2.75) is 6.42 Å². The number of nitro benzene ring substituents is 1. The molecule has 0 unspecified atom stereocenters. The number of anilines is 1. The van der Waals surface area contributed by atoms with Crippen molar-refractivity contribution in [3.8, 4) is 5.75 Å². The molecule has 0 spiro atoms. The van der Waals surface area contributed by atoms with Gasteiger partial charge in [-0.1, -0.05) is 29.3 Å². The summed E-state index contributed by atoms with van der Waals surface area (Å²) in [7, 11) is 1.31. The number of carbonyl (C=O) groups is 2. The summed E-state index contributed by atoms with van der Waals surface area (Å²) in [5.74, 6) is -1.22. The third-order valence-electron chi connectivity index (χ3n) is 3.42. The van der Waals surface area contributed by atoms with Crippen LogP contribution < -0.4 is 10.1 Å². The highest BCUT2D eigenvalue weighted by Gasteiger charge is 2.16. The zero-order valence-electron chi connectivity index (χ0n) is 14.0. The Labute approximate surface area is 164 Å². The molecule has 0 aliphatic carbocycles. The van der Waals surface area contributed by atoms with E-state index < -0.39 is 23.4 Å². The van der Waals surface area contributed by atoms with E-state index in [0.717, 1.165) is 0 Å². The zero-order chi connectivity index (χ0) is 20.0. The molecular formula is C17H14Cl2N2O6. The number of ether oxygens (including phenoxy) is 2. The van der Waals surface area contributed by atoms with Gasteiger partial charge in [0.25, 0.3) is 11.6 Å². The highest BCUT2D eigenvalue weighted by Crippen LogP contribution is 2.29. The SMILES string of the molecule is COc1cc([N+](=O)[O-])ccc1NC(=O)COC(=O)Cc1c(Cl)cccc1Cl. The largest absolute Gasteiger partial charge is 0.494 e. The van der Waals surface area contributed by atoms with Crippen LogP contribution in [0.3, 0.4) is 0 Å². The molecule has 0 bridgehead atoms. The van der Waals surface area contributed by atoms with Crippen molar-refractivity contribution < 1.29 is 24.0 Å². The molecule has 0 saturated heterocycles. The van der Waals surface area contributed by atoms with Crippen LogP contribution in [0.1, 0.15) is 5.56 Å². The number of amides is 1. The van der Waals surface area contributed by atoms with E-state index in [9.17, 15) is 19.7 Å². The standard InChI is InChI=1S/C17H14Cl2N2O6/c1-26-15-7-10(21(24)25)5-6-14(15)20-16(22)9-27-17(23)8-11-12(18)3-2-4-13(11)19/h2-7H,8-9H2,1H3,(H,20,22). The molecule has 10 heteroatoms. The summed E-state index contributed by atoms with van der Waals surface area (Å²) >= 11 is 12.0. The number of hydrogen-bond acceptors (Lipinski definition) is 6. The van der Waals surface area contributed by atoms with Gasteiger partial charge in [-0.25, -0.2) is 0 Å². The number of carbonyl (C=O) groups excluding carboxylic acids is 2. The number of halogens is 2. The summed E-state index contributed by atoms with van der Waals surface area (Å²) < 4.78 is 9.92. The molecule has 2 aromatic rings. The van der Waals surface area contributed by atoms with Gasteiger partial charge in [0.2, 0.25) is 0 Å². The predicted molar refractivity (Wildman–Crippen MR) is 99.4 cm³/mol. The van der Waals surface area contributed by atoms with Gasteiger partial charge in [-0.2, -0.15) is 0 Å². The zero-order valence-corrected chi connectivity index (χ0v) is 15.5. The summed E-state index contributed by atoms with van der Waals surface area (Å²) in [6, 6.07) is 8.52. The van der Waals surface area contributed by atoms with Gasteiger partial charge < -0.3 is 14.8 Å². The number of rotatable bonds is 7. The van der Waals surface area contributed by atoms with Crippen LogP contribution in [0, 0.1) is 10.1 Å². The van der Waals surface area contributed by atoms with Gasteiger partial charge in [0.1, 0.15) is 5.75 Å². The number of nitrogens with zero attached hydrogens (tertiary/aromatic N) is 1. The molecule has 2 aromatic carbocycles. The lowest BCUT2D eigenvalue weighted by Crippen LogP contribution is -2.22. The maximum Gasteiger partial charge on any atom is 0.310 e. The lowest BCUT2D eigenvalue weighted by Gasteiger charge is -2.11. The fourth-order valence-electron chi connectivity index (χ4n) is 2.13. The number of methoxy groups -OCH3 is 1. The molecule has 0 saturated carbocycles. The first-order valence-corrected chi connectivity index (χ1v) is 8.28. The molecule has 0 heterocycles. The first kappa shape index (κ1) is 20.5. The van der Waals surface area contributed by atoms with Gasteiger partial charge in [-0.15, -0.1) is 0 Å². The van der Waals surface area contributed by atoms with E-state index >= 15 is 0 Å². The molecule has 1 amide bonds. The van der Waals surface area contributed by atoms with Gasteiger partial charge >= 0.3 is 5.97 Å². The van der Waals surface area contributed by atoms with E-state index in [4.69, 9.17) is 32.7 Å². The number of nitro groups is 1. The van der Waals surface area contributed by atoms with Gasteiger partial charge in [0.15, 0.2) is 6.61 Å². The molecule has 0 fully saturated rings. The minimum absolute atomic E-state index is 0.103. The Morgan fingerprint density at radius 2 is 1.85 bits per heavy atom. The molecule has 0 atom stereocenters. The molecule has 0 aromatic heterocycles. The highest BCUT2D eigenvalue weighted by molar-refractivity contribution is 6.36. The predicted octanol–water partition coefficient (Wildman–Crippen LogP) is 3.63. The summed E-state index contributed by atoms with van der Waals surface area (Å²) in [5.41, 5.74) is 0.425. The van der Waals surface area contributed by atoms with Gasteiger partial charge in [-0.3, -0.25) is 19.7 Å². The second-order valence-corrected chi connectivity index (χ2v) is 6.04. The number of esters is 1. The van der Waals surface area contributed by atoms with Crippen molar-refractivity contribution in [3.63, 3.8) is 0 Å². The van der Waals surface area contributed by atoms with Gasteiger partial charge in [0, 0.05) is 21.7 Å². The summed E-state index contributed by atoms with van der Waals surface area (Å²) in [4.78, 5) is 34.0. The Hall–Kier alpha value is -2.84. The smallest absolute Gasteiger partial charge is 0.310 e. The van der Waals surface area contributed by atoms with Crippen molar-refractivity contribution in [1.82, 2.24) is 0 Å². The average Bonchev–Trinajstić information content (AvgIpc) is 2.63. The topological polar surface area (TPSA) is 108 Å². The molecule has 8 nitrogen and oxygen atoms in total. The Bertz CT molecular complexity index is 867. The van der Waals surface area contributed by atoms with E-state index in [1.54, 1.807) is 18.2 Å². The minimum atomic E-state index is -0.684. The highest BCUT2D eigenvalue weighted by atomic mass is 35.5. The second-order valence-electron chi connectivity index (χ2n) is 5.23. The molecule has 0 aliphatic heterocycles. The maximum atomic E-state index is 12.0. The number of non-ortho nitro benzene ring substituents is 1. The van der Waals surface area contributed by atoms with Crippen molar-refractivity contribution >= 4 is 46.5 Å². The van der Waals surface area contributed by atoms with E-state index in [1.165, 1.54) is 25.3 Å². The van der Waals surface area contributed by atoms with E-state index in [1.807, 2.05) is 0 Å². The third kappa shape index (κ3) is 5.57. The van der Waals surface area contributed by atoms with Crippen LogP contribution in [0.25, 0.3) is 0 Å². The average molecular weight is 413 g/mol. The first-order valence-electron chi connectivity index (χ1n) is 7.52. The van der Waals surface area contributed by atoms with Crippen molar-refractivity contribution in [2.75, 3.05) is 19.0 Å². The molecule has 142 valence electrons. The number of hydrogen-bond donors (Lipinski definition) is 1. The van der Waals surface area contributed by atoms with Crippen molar-refractivity contribution in [3.05, 3.63) is 62.1 Å². The quantitative estimate of drug-likeness (QED) is 0.422. The van der Waals surface area contributed by atoms with Crippen LogP contribution in [0.5, 0.6) is 5.75 Å². The molecule has 0 aliphatic rings. The molecule has 27 heavy (non-hydrogen) atoms. The monoisotopic (exact) mass is 412 g/mol. The van der Waals surface area contributed by atoms with E-state index in [-0.39, 0.29) is 23.5 Å². The van der Waals surface area contributed by atoms with Crippen molar-refractivity contribution in [2.24, 2.45) is 0 Å². The Morgan fingerprint density at radius 1 is 1.19 bits per heavy atom. The van der Waals surface area contributed by atoms with Crippen LogP contribution >= 0.6 is 23.2 Å². The number of benzene rings is 2. The number of nitrogens with one attached hydrogen (secondary N) is 1. The van der Waals surface area contributed by atoms with Crippen LogP contribution in [0.2, 0.25) is 10.0 Å². The summed E-state index contributed by atoms with van der Waals surface area (Å²) in [5, 5.41) is 13.9. The third-order valence-corrected chi connectivity index (χ3v) is 4.13. The lowest BCUT2D eigenvalue weighted by atomic mass is 10.1. The van der Waals surface area contributed by atoms with Crippen LogP contribution in [0.15, 0.2) is 36.4 Å². The normalized spacial score (nSPS) is 10.2. The van der Waals surface area contributed by atoms with Crippen LogP contribution in [-0.4, -0.2) is 30.5 Å². The van der Waals surface area contributed by atoms with Crippen LogP contribution in [0.4, 0.5) is 11.4 Å². The first-order chi connectivity index (χ1) is 12.8.